The van der Waals surface area contributed by atoms with E-state index in [4.69, 9.17) is 14.2 Å². The zero-order valence-corrected chi connectivity index (χ0v) is 15.3. The van der Waals surface area contributed by atoms with Crippen LogP contribution < -0.4 is 19.5 Å². The van der Waals surface area contributed by atoms with Gasteiger partial charge in [0.2, 0.25) is 5.88 Å². The Balaban J connectivity index is 1.38. The molecule has 0 radical (unpaired) electrons. The predicted octanol–water partition coefficient (Wildman–Crippen LogP) is 3.62. The summed E-state index contributed by atoms with van der Waals surface area (Å²) < 4.78 is 16.9. The van der Waals surface area contributed by atoms with Crippen molar-refractivity contribution in [1.82, 2.24) is 10.3 Å². The molecule has 0 aliphatic carbocycles. The van der Waals surface area contributed by atoms with Crippen LogP contribution in [-0.2, 0) is 6.42 Å². The van der Waals surface area contributed by atoms with Gasteiger partial charge in [0.25, 0.3) is 5.91 Å². The third-order valence-electron chi connectivity index (χ3n) is 4.28. The Morgan fingerprint density at radius 3 is 2.68 bits per heavy atom. The van der Waals surface area contributed by atoms with Crippen LogP contribution in [0.4, 0.5) is 0 Å². The number of carbonyl (C=O) groups is 1. The van der Waals surface area contributed by atoms with E-state index < -0.39 is 0 Å². The van der Waals surface area contributed by atoms with Crippen molar-refractivity contribution < 1.29 is 19.0 Å². The lowest BCUT2D eigenvalue weighted by atomic mass is 10.1. The number of ether oxygens (including phenoxy) is 3. The zero-order chi connectivity index (χ0) is 19.2. The van der Waals surface area contributed by atoms with Crippen molar-refractivity contribution in [2.75, 3.05) is 19.8 Å². The minimum Gasteiger partial charge on any atom is -0.486 e. The Morgan fingerprint density at radius 1 is 1.00 bits per heavy atom. The largest absolute Gasteiger partial charge is 0.486 e. The van der Waals surface area contributed by atoms with Crippen molar-refractivity contribution in [2.24, 2.45) is 0 Å². The van der Waals surface area contributed by atoms with Gasteiger partial charge in [0, 0.05) is 12.7 Å². The summed E-state index contributed by atoms with van der Waals surface area (Å²) in [6, 6.07) is 18.5. The van der Waals surface area contributed by atoms with Gasteiger partial charge in [0.05, 0.1) is 0 Å². The number of rotatable bonds is 6. The van der Waals surface area contributed by atoms with Crippen molar-refractivity contribution in [2.45, 2.75) is 6.42 Å². The van der Waals surface area contributed by atoms with Crippen LogP contribution in [0, 0.1) is 0 Å². The van der Waals surface area contributed by atoms with Crippen LogP contribution in [0.3, 0.4) is 0 Å². The third-order valence-corrected chi connectivity index (χ3v) is 4.28. The Bertz CT molecular complexity index is 960. The number of para-hydroxylation sites is 1. The molecule has 0 unspecified atom stereocenters. The van der Waals surface area contributed by atoms with Gasteiger partial charge in [-0.2, -0.15) is 0 Å². The summed E-state index contributed by atoms with van der Waals surface area (Å²) >= 11 is 0. The number of amides is 1. The van der Waals surface area contributed by atoms with Gasteiger partial charge in [-0.1, -0.05) is 24.3 Å². The molecule has 3 aromatic rings. The highest BCUT2D eigenvalue weighted by Gasteiger charge is 2.15. The number of aromatic nitrogens is 1. The number of pyridine rings is 1. The minimum atomic E-state index is -0.225. The van der Waals surface area contributed by atoms with Gasteiger partial charge in [0.15, 0.2) is 11.5 Å². The van der Waals surface area contributed by atoms with E-state index in [1.54, 1.807) is 18.3 Å². The molecule has 6 nitrogen and oxygen atoms in total. The second kappa shape index (κ2) is 8.43. The average molecular weight is 376 g/mol. The maximum Gasteiger partial charge on any atom is 0.256 e. The number of nitrogens with one attached hydrogen (secondary N) is 1. The Labute approximate surface area is 163 Å². The van der Waals surface area contributed by atoms with Crippen molar-refractivity contribution in [3.05, 3.63) is 78.0 Å². The van der Waals surface area contributed by atoms with Crippen LogP contribution in [0.5, 0.6) is 23.1 Å². The van der Waals surface area contributed by atoms with E-state index in [-0.39, 0.29) is 11.8 Å². The summed E-state index contributed by atoms with van der Waals surface area (Å²) in [5, 5.41) is 2.92. The summed E-state index contributed by atoms with van der Waals surface area (Å²) in [7, 11) is 0. The van der Waals surface area contributed by atoms with E-state index in [0.717, 1.165) is 17.1 Å². The first-order valence-electron chi connectivity index (χ1n) is 9.14. The quantitative estimate of drug-likeness (QED) is 0.712. The summed E-state index contributed by atoms with van der Waals surface area (Å²) in [6.07, 6.45) is 2.28. The van der Waals surface area contributed by atoms with Crippen LogP contribution in [0.25, 0.3) is 0 Å². The molecule has 28 heavy (non-hydrogen) atoms. The number of nitrogens with zero attached hydrogens (tertiary/aromatic N) is 1. The standard InChI is InChI=1S/C22H20N2O4/c25-21(18-7-4-11-24-22(18)28-17-5-2-1-3-6-17)23-12-10-16-8-9-19-20(15-16)27-14-13-26-19/h1-9,11,15H,10,12-14H2,(H,23,25). The van der Waals surface area contributed by atoms with Crippen LogP contribution in [0.2, 0.25) is 0 Å². The van der Waals surface area contributed by atoms with Gasteiger partial charge < -0.3 is 19.5 Å². The molecule has 2 aromatic carbocycles. The van der Waals surface area contributed by atoms with E-state index in [0.29, 0.717) is 37.5 Å². The normalized spacial score (nSPS) is 12.3. The summed E-state index contributed by atoms with van der Waals surface area (Å²) in [5.74, 6) is 2.20. The van der Waals surface area contributed by atoms with E-state index >= 15 is 0 Å². The van der Waals surface area contributed by atoms with Gasteiger partial charge in [-0.05, 0) is 48.4 Å². The van der Waals surface area contributed by atoms with E-state index in [9.17, 15) is 4.79 Å². The van der Waals surface area contributed by atoms with E-state index in [2.05, 4.69) is 10.3 Å². The van der Waals surface area contributed by atoms with E-state index in [1.165, 1.54) is 0 Å². The van der Waals surface area contributed by atoms with Crippen molar-refractivity contribution in [1.29, 1.82) is 0 Å². The molecule has 4 rings (SSSR count). The minimum absolute atomic E-state index is 0.225. The molecule has 0 fully saturated rings. The molecule has 1 aliphatic rings. The van der Waals surface area contributed by atoms with Gasteiger partial charge >= 0.3 is 0 Å². The van der Waals surface area contributed by atoms with Crippen LogP contribution >= 0.6 is 0 Å². The number of hydrogen-bond donors (Lipinski definition) is 1. The van der Waals surface area contributed by atoms with E-state index in [1.807, 2.05) is 48.5 Å². The topological polar surface area (TPSA) is 69.7 Å². The predicted molar refractivity (Wildman–Crippen MR) is 104 cm³/mol. The lowest BCUT2D eigenvalue weighted by Crippen LogP contribution is -2.26. The number of hydrogen-bond acceptors (Lipinski definition) is 5. The van der Waals surface area contributed by atoms with Gasteiger partial charge in [-0.3, -0.25) is 4.79 Å². The summed E-state index contributed by atoms with van der Waals surface area (Å²) in [6.45, 7) is 1.61. The van der Waals surface area contributed by atoms with Crippen LogP contribution in [0.15, 0.2) is 66.9 Å². The molecule has 1 N–H and O–H groups in total. The zero-order valence-electron chi connectivity index (χ0n) is 15.3. The van der Waals surface area contributed by atoms with Gasteiger partial charge in [-0.25, -0.2) is 4.98 Å². The molecule has 1 aromatic heterocycles. The fourth-order valence-electron chi connectivity index (χ4n) is 2.90. The molecule has 0 bridgehead atoms. The smallest absolute Gasteiger partial charge is 0.256 e. The van der Waals surface area contributed by atoms with Crippen LogP contribution in [0.1, 0.15) is 15.9 Å². The second-order valence-electron chi connectivity index (χ2n) is 6.26. The number of carbonyl (C=O) groups excluding carboxylic acids is 1. The number of fused-ring (bicyclic) bond motifs is 1. The Kier molecular flexibility index (Phi) is 5.38. The molecule has 2 heterocycles. The third kappa shape index (κ3) is 4.23. The van der Waals surface area contributed by atoms with Gasteiger partial charge in [0.1, 0.15) is 24.5 Å². The molecular formula is C22H20N2O4. The van der Waals surface area contributed by atoms with Crippen LogP contribution in [-0.4, -0.2) is 30.6 Å². The maximum atomic E-state index is 12.6. The first kappa shape index (κ1) is 17.9. The lowest BCUT2D eigenvalue weighted by molar-refractivity contribution is 0.0951. The summed E-state index contributed by atoms with van der Waals surface area (Å²) in [5.41, 5.74) is 1.46. The molecule has 6 heteroatoms. The fourth-order valence-corrected chi connectivity index (χ4v) is 2.90. The molecule has 142 valence electrons. The first-order valence-corrected chi connectivity index (χ1v) is 9.14. The highest BCUT2D eigenvalue weighted by atomic mass is 16.6. The van der Waals surface area contributed by atoms with Crippen molar-refractivity contribution in [3.8, 4) is 23.1 Å². The molecule has 1 amide bonds. The second-order valence-corrected chi connectivity index (χ2v) is 6.26. The summed E-state index contributed by atoms with van der Waals surface area (Å²) in [4.78, 5) is 16.8. The molecular weight excluding hydrogens is 356 g/mol. The fraction of sp³-hybridized carbons (Fsp3) is 0.182. The first-order chi connectivity index (χ1) is 13.8. The molecule has 0 spiro atoms. The maximum absolute atomic E-state index is 12.6. The lowest BCUT2D eigenvalue weighted by Gasteiger charge is -2.18. The monoisotopic (exact) mass is 376 g/mol. The van der Waals surface area contributed by atoms with Gasteiger partial charge in [-0.15, -0.1) is 0 Å². The van der Waals surface area contributed by atoms with Crippen molar-refractivity contribution >= 4 is 5.91 Å². The molecule has 0 atom stereocenters. The molecule has 0 saturated heterocycles. The molecule has 0 saturated carbocycles. The number of benzene rings is 2. The molecule has 1 aliphatic heterocycles. The Hall–Kier alpha value is -3.54. The highest BCUT2D eigenvalue weighted by molar-refractivity contribution is 5.96. The average Bonchev–Trinajstić information content (AvgIpc) is 2.75. The highest BCUT2D eigenvalue weighted by Crippen LogP contribution is 2.30. The van der Waals surface area contributed by atoms with Crippen molar-refractivity contribution in [3.63, 3.8) is 0 Å². The SMILES string of the molecule is O=C(NCCc1ccc2c(c1)OCCO2)c1cccnc1Oc1ccccc1. The Morgan fingerprint density at radius 2 is 1.82 bits per heavy atom.